The zero-order valence-electron chi connectivity index (χ0n) is 11.7. The van der Waals surface area contributed by atoms with E-state index >= 15 is 0 Å². The average molecular weight is 298 g/mol. The monoisotopic (exact) mass is 297 g/mol. The van der Waals surface area contributed by atoms with Gasteiger partial charge in [0.15, 0.2) is 5.84 Å². The Morgan fingerprint density at radius 1 is 1.55 bits per heavy atom. The van der Waals surface area contributed by atoms with Gasteiger partial charge in [-0.05, 0) is 30.5 Å². The number of halogens is 1. The summed E-state index contributed by atoms with van der Waals surface area (Å²) in [6.07, 6.45) is 1.20. The van der Waals surface area contributed by atoms with Crippen LogP contribution in [0.1, 0.15) is 18.9 Å². The van der Waals surface area contributed by atoms with Crippen molar-refractivity contribution in [2.45, 2.75) is 19.4 Å². The molecule has 0 spiro atoms. The maximum absolute atomic E-state index is 8.91. The third kappa shape index (κ3) is 2.99. The Bertz CT molecular complexity index is 507. The fourth-order valence-electron chi connectivity index (χ4n) is 2.60. The maximum Gasteiger partial charge on any atom is 0.172 e. The second-order valence-corrected chi connectivity index (χ2v) is 5.57. The van der Waals surface area contributed by atoms with E-state index in [0.717, 1.165) is 25.2 Å². The van der Waals surface area contributed by atoms with E-state index in [9.17, 15) is 0 Å². The molecule has 1 fully saturated rings. The number of amidine groups is 1. The minimum atomic E-state index is 0.0873. The number of nitrogens with zero attached hydrogens (tertiary/aromatic N) is 2. The standard InChI is InChI=1S/C14H20ClN3O2/c1-9-5-6-18(8-13(9)20-2)12-7-10(15)3-4-11(12)14(16)17-19/h3-4,7,9,13,19H,5-6,8H2,1-2H3,(H2,16,17). The van der Waals surface area contributed by atoms with Gasteiger partial charge < -0.3 is 20.6 Å². The van der Waals surface area contributed by atoms with Crippen molar-refractivity contribution < 1.29 is 9.94 Å². The van der Waals surface area contributed by atoms with Gasteiger partial charge in [-0.3, -0.25) is 0 Å². The first kappa shape index (κ1) is 14.9. The normalized spacial score (nSPS) is 23.9. The van der Waals surface area contributed by atoms with Crippen molar-refractivity contribution in [1.82, 2.24) is 0 Å². The molecule has 0 saturated carbocycles. The first-order chi connectivity index (χ1) is 9.56. The summed E-state index contributed by atoms with van der Waals surface area (Å²) in [5.74, 6) is 0.604. The molecule has 1 aliphatic heterocycles. The number of nitrogens with two attached hydrogens (primary N) is 1. The molecular formula is C14H20ClN3O2. The molecule has 2 rings (SSSR count). The van der Waals surface area contributed by atoms with E-state index in [1.807, 2.05) is 6.07 Å². The largest absolute Gasteiger partial charge is 0.409 e. The van der Waals surface area contributed by atoms with Gasteiger partial charge >= 0.3 is 0 Å². The van der Waals surface area contributed by atoms with E-state index in [2.05, 4.69) is 17.0 Å². The van der Waals surface area contributed by atoms with E-state index in [-0.39, 0.29) is 11.9 Å². The first-order valence-electron chi connectivity index (χ1n) is 6.62. The lowest BCUT2D eigenvalue weighted by atomic mass is 9.95. The molecule has 0 radical (unpaired) electrons. The summed E-state index contributed by atoms with van der Waals surface area (Å²) in [6.45, 7) is 3.85. The van der Waals surface area contributed by atoms with Crippen LogP contribution in [0.25, 0.3) is 0 Å². The Balaban J connectivity index is 2.34. The van der Waals surface area contributed by atoms with Crippen molar-refractivity contribution in [2.75, 3.05) is 25.1 Å². The molecule has 20 heavy (non-hydrogen) atoms. The van der Waals surface area contributed by atoms with Gasteiger partial charge in [-0.2, -0.15) is 0 Å². The van der Waals surface area contributed by atoms with E-state index in [4.69, 9.17) is 27.3 Å². The highest BCUT2D eigenvalue weighted by Crippen LogP contribution is 2.29. The summed E-state index contributed by atoms with van der Waals surface area (Å²) in [4.78, 5) is 2.17. The summed E-state index contributed by atoms with van der Waals surface area (Å²) in [6, 6.07) is 5.35. The number of anilines is 1. The van der Waals surface area contributed by atoms with Crippen LogP contribution in [0.15, 0.2) is 23.4 Å². The fourth-order valence-corrected chi connectivity index (χ4v) is 2.76. The van der Waals surface area contributed by atoms with Crippen molar-refractivity contribution in [3.8, 4) is 0 Å². The van der Waals surface area contributed by atoms with Gasteiger partial charge in [0.2, 0.25) is 0 Å². The summed E-state index contributed by atoms with van der Waals surface area (Å²) < 4.78 is 5.53. The molecule has 1 saturated heterocycles. The molecular weight excluding hydrogens is 278 g/mol. The Morgan fingerprint density at radius 3 is 2.95 bits per heavy atom. The lowest BCUT2D eigenvalue weighted by Crippen LogP contribution is -2.44. The third-order valence-corrected chi connectivity index (χ3v) is 4.11. The van der Waals surface area contributed by atoms with Crippen LogP contribution in [0.5, 0.6) is 0 Å². The summed E-state index contributed by atoms with van der Waals surface area (Å²) in [5, 5.41) is 12.6. The van der Waals surface area contributed by atoms with Crippen LogP contribution in [-0.4, -0.2) is 37.3 Å². The minimum Gasteiger partial charge on any atom is -0.409 e. The van der Waals surface area contributed by atoms with E-state index in [1.165, 1.54) is 0 Å². The molecule has 0 amide bonds. The predicted octanol–water partition coefficient (Wildman–Crippen LogP) is 2.30. The number of benzene rings is 1. The fraction of sp³-hybridized carbons (Fsp3) is 0.500. The summed E-state index contributed by atoms with van der Waals surface area (Å²) in [7, 11) is 1.73. The number of piperidine rings is 1. The molecule has 3 N–H and O–H groups in total. The first-order valence-corrected chi connectivity index (χ1v) is 6.99. The Labute approximate surface area is 124 Å². The van der Waals surface area contributed by atoms with Crippen molar-refractivity contribution in [1.29, 1.82) is 0 Å². The lowest BCUT2D eigenvalue weighted by Gasteiger charge is -2.38. The van der Waals surface area contributed by atoms with Crippen LogP contribution >= 0.6 is 11.6 Å². The lowest BCUT2D eigenvalue weighted by molar-refractivity contribution is 0.0498. The number of oxime groups is 1. The molecule has 1 aromatic rings. The van der Waals surface area contributed by atoms with Crippen LogP contribution in [0, 0.1) is 5.92 Å². The smallest absolute Gasteiger partial charge is 0.172 e. The highest BCUT2D eigenvalue weighted by atomic mass is 35.5. The summed E-state index contributed by atoms with van der Waals surface area (Å²) in [5.41, 5.74) is 7.30. The van der Waals surface area contributed by atoms with Gasteiger partial charge in [0.25, 0.3) is 0 Å². The van der Waals surface area contributed by atoms with Gasteiger partial charge in [-0.15, -0.1) is 0 Å². The molecule has 2 unspecified atom stereocenters. The number of ether oxygens (including phenoxy) is 1. The van der Waals surface area contributed by atoms with Crippen LogP contribution in [0.4, 0.5) is 5.69 Å². The molecule has 0 bridgehead atoms. The SMILES string of the molecule is COC1CN(c2cc(Cl)ccc2/C(N)=N/O)CCC1C. The number of methoxy groups -OCH3 is 1. The molecule has 5 nitrogen and oxygen atoms in total. The molecule has 2 atom stereocenters. The summed E-state index contributed by atoms with van der Waals surface area (Å²) >= 11 is 6.08. The quantitative estimate of drug-likeness (QED) is 0.389. The number of hydrogen-bond acceptors (Lipinski definition) is 4. The van der Waals surface area contributed by atoms with E-state index in [0.29, 0.717) is 16.5 Å². The van der Waals surface area contributed by atoms with E-state index < -0.39 is 0 Å². The van der Waals surface area contributed by atoms with Crippen LogP contribution < -0.4 is 10.6 Å². The zero-order valence-corrected chi connectivity index (χ0v) is 12.5. The van der Waals surface area contributed by atoms with Crippen LogP contribution in [0.2, 0.25) is 5.02 Å². The van der Waals surface area contributed by atoms with Gasteiger partial charge in [0, 0.05) is 36.5 Å². The van der Waals surface area contributed by atoms with Gasteiger partial charge in [0.1, 0.15) is 0 Å². The van der Waals surface area contributed by atoms with Gasteiger partial charge in [-0.1, -0.05) is 23.7 Å². The Kier molecular flexibility index (Phi) is 4.73. The second kappa shape index (κ2) is 6.33. The maximum atomic E-state index is 8.91. The van der Waals surface area contributed by atoms with Gasteiger partial charge in [0.05, 0.1) is 6.10 Å². The van der Waals surface area contributed by atoms with Gasteiger partial charge in [-0.25, -0.2) is 0 Å². The molecule has 1 heterocycles. The molecule has 1 aliphatic rings. The van der Waals surface area contributed by atoms with Crippen LogP contribution in [-0.2, 0) is 4.74 Å². The highest BCUT2D eigenvalue weighted by molar-refractivity contribution is 6.31. The zero-order chi connectivity index (χ0) is 14.7. The minimum absolute atomic E-state index is 0.0873. The Morgan fingerprint density at radius 2 is 2.30 bits per heavy atom. The highest BCUT2D eigenvalue weighted by Gasteiger charge is 2.27. The number of hydrogen-bond donors (Lipinski definition) is 2. The van der Waals surface area contributed by atoms with Crippen molar-refractivity contribution in [2.24, 2.45) is 16.8 Å². The van der Waals surface area contributed by atoms with E-state index in [1.54, 1.807) is 19.2 Å². The average Bonchev–Trinajstić information content (AvgIpc) is 2.47. The predicted molar refractivity (Wildman–Crippen MR) is 80.8 cm³/mol. The van der Waals surface area contributed by atoms with Crippen LogP contribution in [0.3, 0.4) is 0 Å². The second-order valence-electron chi connectivity index (χ2n) is 5.13. The molecule has 6 heteroatoms. The topological polar surface area (TPSA) is 71.1 Å². The van der Waals surface area contributed by atoms with Crippen molar-refractivity contribution >= 4 is 23.1 Å². The van der Waals surface area contributed by atoms with Crippen molar-refractivity contribution in [3.05, 3.63) is 28.8 Å². The molecule has 0 aromatic heterocycles. The Hall–Kier alpha value is -1.46. The molecule has 110 valence electrons. The third-order valence-electron chi connectivity index (χ3n) is 3.88. The molecule has 1 aromatic carbocycles. The number of rotatable bonds is 3. The molecule has 0 aliphatic carbocycles. The van der Waals surface area contributed by atoms with Crippen molar-refractivity contribution in [3.63, 3.8) is 0 Å².